The summed E-state index contributed by atoms with van der Waals surface area (Å²) >= 11 is 0. The van der Waals surface area contributed by atoms with E-state index in [4.69, 9.17) is 0 Å². The first-order chi connectivity index (χ1) is 18.5. The largest absolute Gasteiger partial charge is 0.368 e. The quantitative estimate of drug-likeness (QED) is 0.204. The molecule has 39 heavy (non-hydrogen) atoms. The second-order valence-corrected chi connectivity index (χ2v) is 26.6. The predicted molar refractivity (Wildman–Crippen MR) is 177 cm³/mol. The number of rotatable bonds is 7. The third-order valence-electron chi connectivity index (χ3n) is 8.06. The highest BCUT2D eigenvalue weighted by atomic mass is 28.5. The second kappa shape index (κ2) is 10.7. The summed E-state index contributed by atoms with van der Waals surface area (Å²) in [5, 5.41) is -0.112. The normalized spacial score (nSPS) is 20.6. The van der Waals surface area contributed by atoms with E-state index >= 15 is 0 Å². The Bertz CT molecular complexity index is 1410. The molecule has 199 valence electrons. The highest BCUT2D eigenvalue weighted by Crippen LogP contribution is 2.59. The van der Waals surface area contributed by atoms with Crippen molar-refractivity contribution in [1.29, 1.82) is 0 Å². The molecule has 5 rings (SSSR count). The highest BCUT2D eigenvalue weighted by Gasteiger charge is 2.60. The standard InChI is InChI=1S/C35H42NSi3/c1-35(31-26-18-11-19-27-31)33(29-22-14-9-15-23-29)32(28-20-12-8-13-21-28)34(30-24-16-10-17-25-30)37(35)36(38(2,3)4)39(5,6)7/h8-27,34H,1-7H3/t34-,35+/m0/s1. The van der Waals surface area contributed by atoms with Crippen molar-refractivity contribution >= 4 is 36.6 Å². The summed E-state index contributed by atoms with van der Waals surface area (Å²) in [7, 11) is -4.71. The first kappa shape index (κ1) is 27.8. The van der Waals surface area contributed by atoms with Crippen LogP contribution in [0.2, 0.25) is 39.3 Å². The molecule has 0 saturated heterocycles. The summed E-state index contributed by atoms with van der Waals surface area (Å²) in [6.07, 6.45) is 0. The number of nitrogens with zero attached hydrogens (tertiary/aromatic N) is 1. The van der Waals surface area contributed by atoms with Crippen LogP contribution in [0.4, 0.5) is 0 Å². The molecule has 0 saturated carbocycles. The Morgan fingerprint density at radius 2 is 0.974 bits per heavy atom. The fraction of sp³-hybridized carbons (Fsp3) is 0.257. The Hall–Kier alpha value is -2.77. The van der Waals surface area contributed by atoms with E-state index in [-0.39, 0.29) is 5.04 Å². The number of hydrogen-bond donors (Lipinski definition) is 0. The van der Waals surface area contributed by atoms with Gasteiger partial charge in [0.2, 0.25) is 0 Å². The van der Waals surface area contributed by atoms with Crippen molar-refractivity contribution in [1.82, 2.24) is 3.90 Å². The predicted octanol–water partition coefficient (Wildman–Crippen LogP) is 9.39. The van der Waals surface area contributed by atoms with Gasteiger partial charge in [0.25, 0.3) is 0 Å². The van der Waals surface area contributed by atoms with Crippen molar-refractivity contribution < 1.29 is 0 Å². The van der Waals surface area contributed by atoms with Crippen molar-refractivity contribution in [3.8, 4) is 0 Å². The third kappa shape index (κ3) is 5.11. The van der Waals surface area contributed by atoms with Crippen molar-refractivity contribution in [3.05, 3.63) is 144 Å². The number of allylic oxidation sites excluding steroid dienone is 2. The minimum atomic E-state index is -1.73. The van der Waals surface area contributed by atoms with Crippen LogP contribution in [0.1, 0.15) is 34.7 Å². The molecule has 1 heterocycles. The Morgan fingerprint density at radius 3 is 1.44 bits per heavy atom. The first-order valence-corrected chi connectivity index (χ1v) is 22.6. The van der Waals surface area contributed by atoms with Crippen LogP contribution in [0.5, 0.6) is 0 Å². The van der Waals surface area contributed by atoms with Crippen molar-refractivity contribution in [2.45, 2.75) is 56.8 Å². The topological polar surface area (TPSA) is 3.24 Å². The van der Waals surface area contributed by atoms with Crippen molar-refractivity contribution in [3.63, 3.8) is 0 Å². The van der Waals surface area contributed by atoms with Gasteiger partial charge in [-0.2, -0.15) is 0 Å². The van der Waals surface area contributed by atoms with Crippen LogP contribution in [0.3, 0.4) is 0 Å². The lowest BCUT2D eigenvalue weighted by Gasteiger charge is -2.54. The maximum absolute atomic E-state index is 3.19. The lowest BCUT2D eigenvalue weighted by atomic mass is 9.81. The molecule has 0 spiro atoms. The number of benzene rings is 4. The zero-order valence-electron chi connectivity index (χ0n) is 24.6. The fourth-order valence-corrected chi connectivity index (χ4v) is 26.4. The third-order valence-corrected chi connectivity index (χ3v) is 23.5. The summed E-state index contributed by atoms with van der Waals surface area (Å²) in [4.78, 5) is 0. The lowest BCUT2D eigenvalue weighted by molar-refractivity contribution is 0.763. The Labute approximate surface area is 240 Å². The Kier molecular flexibility index (Phi) is 7.59. The molecule has 4 heteroatoms. The molecule has 0 amide bonds. The van der Waals surface area contributed by atoms with Gasteiger partial charge in [-0.05, 0) is 33.4 Å². The fourth-order valence-electron chi connectivity index (χ4n) is 7.06. The first-order valence-electron chi connectivity index (χ1n) is 14.2. The van der Waals surface area contributed by atoms with E-state index in [1.807, 2.05) is 0 Å². The van der Waals surface area contributed by atoms with Gasteiger partial charge in [-0.15, -0.1) is 0 Å². The van der Waals surface area contributed by atoms with Gasteiger partial charge in [0.15, 0.2) is 8.96 Å². The van der Waals surface area contributed by atoms with Gasteiger partial charge in [0, 0.05) is 10.6 Å². The molecule has 1 aliphatic rings. The van der Waals surface area contributed by atoms with E-state index in [2.05, 4.69) is 171 Å². The zero-order valence-corrected chi connectivity index (χ0v) is 27.6. The average molecular weight is 561 g/mol. The molecule has 1 nitrogen and oxygen atoms in total. The summed E-state index contributed by atoms with van der Waals surface area (Å²) in [5.74, 6) is 0. The minimum absolute atomic E-state index is 0.112. The van der Waals surface area contributed by atoms with E-state index < -0.39 is 25.4 Å². The molecular formula is C35H42NSi3. The van der Waals surface area contributed by atoms with Crippen LogP contribution in [0, 0.1) is 0 Å². The lowest BCUT2D eigenvalue weighted by Crippen LogP contribution is -2.70. The van der Waals surface area contributed by atoms with Gasteiger partial charge in [-0.1, -0.05) is 168 Å². The summed E-state index contributed by atoms with van der Waals surface area (Å²) in [6.45, 7) is 18.1. The van der Waals surface area contributed by atoms with E-state index in [1.165, 1.54) is 33.4 Å². The Balaban J connectivity index is 1.98. The molecule has 0 N–H and O–H groups in total. The molecule has 4 aromatic carbocycles. The SMILES string of the molecule is C[C@@]1(c2ccccc2)C(c2ccccc2)=C(c2ccccc2)[C@H](c2ccccc2)[Si]1N([Si](C)(C)C)[Si](C)(C)C. The molecule has 0 fully saturated rings. The maximum Gasteiger partial charge on any atom is 0.151 e. The Morgan fingerprint density at radius 1 is 0.564 bits per heavy atom. The molecule has 1 radical (unpaired) electrons. The molecule has 0 aliphatic carbocycles. The van der Waals surface area contributed by atoms with E-state index in [0.29, 0.717) is 5.54 Å². The molecule has 4 aromatic rings. The number of hydrogen-bond acceptors (Lipinski definition) is 1. The van der Waals surface area contributed by atoms with E-state index in [9.17, 15) is 0 Å². The van der Waals surface area contributed by atoms with Gasteiger partial charge in [-0.25, -0.2) is 0 Å². The van der Waals surface area contributed by atoms with Gasteiger partial charge >= 0.3 is 0 Å². The van der Waals surface area contributed by atoms with Gasteiger partial charge in [0.1, 0.15) is 16.5 Å². The van der Waals surface area contributed by atoms with Crippen LogP contribution in [0.25, 0.3) is 11.1 Å². The summed E-state index contributed by atoms with van der Waals surface area (Å²) < 4.78 is 3.19. The minimum Gasteiger partial charge on any atom is -0.368 e. The molecule has 0 bridgehead atoms. The van der Waals surface area contributed by atoms with E-state index in [0.717, 1.165) is 0 Å². The van der Waals surface area contributed by atoms with Gasteiger partial charge in [0.05, 0.1) is 0 Å². The van der Waals surface area contributed by atoms with Crippen molar-refractivity contribution in [2.24, 2.45) is 0 Å². The molecule has 1 aliphatic heterocycles. The average Bonchev–Trinajstić information content (AvgIpc) is 3.18. The molecule has 2 atom stereocenters. The smallest absolute Gasteiger partial charge is 0.151 e. The van der Waals surface area contributed by atoms with E-state index in [1.54, 1.807) is 0 Å². The second-order valence-electron chi connectivity index (χ2n) is 12.9. The zero-order chi connectivity index (χ0) is 27.8. The van der Waals surface area contributed by atoms with Crippen LogP contribution >= 0.6 is 0 Å². The monoisotopic (exact) mass is 560 g/mol. The molecule has 0 aromatic heterocycles. The van der Waals surface area contributed by atoms with Crippen LogP contribution in [-0.2, 0) is 5.04 Å². The van der Waals surface area contributed by atoms with Crippen LogP contribution < -0.4 is 0 Å². The summed E-state index contributed by atoms with van der Waals surface area (Å²) in [5.41, 5.74) is 9.01. The van der Waals surface area contributed by atoms with Crippen molar-refractivity contribution in [2.75, 3.05) is 0 Å². The maximum atomic E-state index is 3.19. The highest BCUT2D eigenvalue weighted by molar-refractivity contribution is 7.01. The van der Waals surface area contributed by atoms with Crippen LogP contribution in [0.15, 0.2) is 121 Å². The van der Waals surface area contributed by atoms with Gasteiger partial charge in [-0.3, -0.25) is 0 Å². The van der Waals surface area contributed by atoms with Crippen LogP contribution in [-0.4, -0.2) is 29.3 Å². The molecule has 0 unspecified atom stereocenters. The van der Waals surface area contributed by atoms with Gasteiger partial charge < -0.3 is 3.90 Å². The summed E-state index contributed by atoms with van der Waals surface area (Å²) in [6, 6.07) is 45.4. The molecular weight excluding hydrogens is 519 g/mol.